The summed E-state index contributed by atoms with van der Waals surface area (Å²) in [5.74, 6) is -2.18. The van der Waals surface area contributed by atoms with E-state index in [9.17, 15) is 18.7 Å². The van der Waals surface area contributed by atoms with Crippen molar-refractivity contribution in [3.8, 4) is 0 Å². The van der Waals surface area contributed by atoms with E-state index in [0.29, 0.717) is 51.3 Å². The van der Waals surface area contributed by atoms with E-state index in [1.165, 1.54) is 11.0 Å². The Kier molecular flexibility index (Phi) is 5.12. The zero-order chi connectivity index (χ0) is 17.2. The predicted octanol–water partition coefficient (Wildman–Crippen LogP) is 1.15. The standard InChI is InChI=1S/C17H22F2N2O3/c18-14-3-2-13(10-15(14)19)11-21-5-1-4-17(23,16(21)22)12-20-6-8-24-9-7-20/h2-3,10,23H,1,4-9,11-12H2/t17-/m0/s1. The second-order valence-electron chi connectivity index (χ2n) is 6.50. The van der Waals surface area contributed by atoms with Gasteiger partial charge in [-0.3, -0.25) is 9.69 Å². The normalized spacial score (nSPS) is 26.0. The summed E-state index contributed by atoms with van der Waals surface area (Å²) >= 11 is 0. The maximum Gasteiger partial charge on any atom is 0.256 e. The van der Waals surface area contributed by atoms with Crippen molar-refractivity contribution in [2.24, 2.45) is 0 Å². The number of nitrogens with zero attached hydrogens (tertiary/aromatic N) is 2. The molecule has 132 valence electrons. The van der Waals surface area contributed by atoms with Gasteiger partial charge in [0.05, 0.1) is 13.2 Å². The summed E-state index contributed by atoms with van der Waals surface area (Å²) in [4.78, 5) is 16.3. The number of aliphatic hydroxyl groups is 1. The van der Waals surface area contributed by atoms with Crippen LogP contribution in [0.3, 0.4) is 0 Å². The van der Waals surface area contributed by atoms with Gasteiger partial charge in [0, 0.05) is 32.7 Å². The van der Waals surface area contributed by atoms with Crippen molar-refractivity contribution in [3.63, 3.8) is 0 Å². The summed E-state index contributed by atoms with van der Waals surface area (Å²) < 4.78 is 31.7. The highest BCUT2D eigenvalue weighted by Crippen LogP contribution is 2.26. The van der Waals surface area contributed by atoms with Gasteiger partial charge in [0.25, 0.3) is 5.91 Å². The van der Waals surface area contributed by atoms with Crippen LogP contribution in [0.2, 0.25) is 0 Å². The molecule has 0 saturated carbocycles. The van der Waals surface area contributed by atoms with Gasteiger partial charge < -0.3 is 14.7 Å². The Bertz CT molecular complexity index is 607. The smallest absolute Gasteiger partial charge is 0.256 e. The number of β-amino-alcohol motifs (C(OH)–C–C–N with tert-alkyl or cyclic N) is 1. The van der Waals surface area contributed by atoms with Crippen LogP contribution in [0.1, 0.15) is 18.4 Å². The van der Waals surface area contributed by atoms with Gasteiger partial charge in [-0.05, 0) is 30.5 Å². The molecule has 1 N–H and O–H groups in total. The fourth-order valence-electron chi connectivity index (χ4n) is 3.35. The van der Waals surface area contributed by atoms with Gasteiger partial charge in [-0.2, -0.15) is 0 Å². The van der Waals surface area contributed by atoms with Crippen LogP contribution in [0.15, 0.2) is 18.2 Å². The molecule has 0 aromatic heterocycles. The van der Waals surface area contributed by atoms with E-state index >= 15 is 0 Å². The Labute approximate surface area is 139 Å². The predicted molar refractivity (Wildman–Crippen MR) is 83.2 cm³/mol. The largest absolute Gasteiger partial charge is 0.379 e. The average Bonchev–Trinajstić information content (AvgIpc) is 2.56. The topological polar surface area (TPSA) is 53.0 Å². The van der Waals surface area contributed by atoms with Crippen LogP contribution in [0.4, 0.5) is 8.78 Å². The monoisotopic (exact) mass is 340 g/mol. The van der Waals surface area contributed by atoms with Crippen LogP contribution < -0.4 is 0 Å². The third-order valence-corrected chi connectivity index (χ3v) is 4.65. The first-order valence-corrected chi connectivity index (χ1v) is 8.24. The third kappa shape index (κ3) is 3.74. The number of hydrogen-bond donors (Lipinski definition) is 1. The zero-order valence-electron chi connectivity index (χ0n) is 13.5. The first-order valence-electron chi connectivity index (χ1n) is 8.24. The molecule has 0 bridgehead atoms. The lowest BCUT2D eigenvalue weighted by Gasteiger charge is -2.41. The number of morpholine rings is 1. The molecular formula is C17H22F2N2O3. The second-order valence-corrected chi connectivity index (χ2v) is 6.50. The lowest BCUT2D eigenvalue weighted by atomic mass is 9.90. The number of amides is 1. The summed E-state index contributed by atoms with van der Waals surface area (Å²) in [5.41, 5.74) is -0.911. The minimum Gasteiger partial charge on any atom is -0.379 e. The average molecular weight is 340 g/mol. The molecule has 1 aromatic rings. The second kappa shape index (κ2) is 7.13. The molecule has 0 unspecified atom stereocenters. The summed E-state index contributed by atoms with van der Waals surface area (Å²) in [7, 11) is 0. The molecule has 0 spiro atoms. The maximum atomic E-state index is 13.3. The van der Waals surface area contributed by atoms with E-state index in [0.717, 1.165) is 12.1 Å². The Hall–Kier alpha value is -1.57. The molecule has 1 aromatic carbocycles. The van der Waals surface area contributed by atoms with Crippen LogP contribution >= 0.6 is 0 Å². The summed E-state index contributed by atoms with van der Waals surface area (Å²) in [6.45, 7) is 3.54. The van der Waals surface area contributed by atoms with E-state index in [-0.39, 0.29) is 19.0 Å². The van der Waals surface area contributed by atoms with Crippen LogP contribution in [0.25, 0.3) is 0 Å². The SMILES string of the molecule is O=C1N(Cc2ccc(F)c(F)c2)CCC[C@]1(O)CN1CCOCC1. The van der Waals surface area contributed by atoms with Crippen LogP contribution in [0.5, 0.6) is 0 Å². The molecule has 2 aliphatic heterocycles. The van der Waals surface area contributed by atoms with E-state index < -0.39 is 17.2 Å². The van der Waals surface area contributed by atoms with E-state index in [1.54, 1.807) is 0 Å². The molecule has 24 heavy (non-hydrogen) atoms. The maximum absolute atomic E-state index is 13.3. The number of piperidine rings is 1. The van der Waals surface area contributed by atoms with Crippen LogP contribution in [-0.2, 0) is 16.1 Å². The van der Waals surface area contributed by atoms with Crippen molar-refractivity contribution >= 4 is 5.91 Å². The van der Waals surface area contributed by atoms with Crippen molar-refractivity contribution in [2.45, 2.75) is 25.0 Å². The van der Waals surface area contributed by atoms with Crippen molar-refractivity contribution < 1.29 is 23.4 Å². The summed E-state index contributed by atoms with van der Waals surface area (Å²) in [5, 5.41) is 10.8. The van der Waals surface area contributed by atoms with Crippen molar-refractivity contribution in [1.29, 1.82) is 0 Å². The van der Waals surface area contributed by atoms with Gasteiger partial charge in [-0.1, -0.05) is 6.07 Å². The Balaban J connectivity index is 1.68. The number of carbonyl (C=O) groups excluding carboxylic acids is 1. The fraction of sp³-hybridized carbons (Fsp3) is 0.588. The molecular weight excluding hydrogens is 318 g/mol. The molecule has 0 radical (unpaired) electrons. The highest BCUT2D eigenvalue weighted by molar-refractivity contribution is 5.86. The minimum absolute atomic E-state index is 0.168. The third-order valence-electron chi connectivity index (χ3n) is 4.65. The number of ether oxygens (including phenoxy) is 1. The van der Waals surface area contributed by atoms with Gasteiger partial charge in [-0.25, -0.2) is 8.78 Å². The molecule has 2 aliphatic rings. The van der Waals surface area contributed by atoms with Crippen molar-refractivity contribution in [3.05, 3.63) is 35.4 Å². The minimum atomic E-state index is -1.42. The van der Waals surface area contributed by atoms with Gasteiger partial charge >= 0.3 is 0 Å². The molecule has 7 heteroatoms. The quantitative estimate of drug-likeness (QED) is 0.893. The molecule has 0 aliphatic carbocycles. The number of carbonyl (C=O) groups is 1. The van der Waals surface area contributed by atoms with Crippen LogP contribution in [-0.4, -0.2) is 65.8 Å². The molecule has 3 rings (SSSR count). The fourth-order valence-corrected chi connectivity index (χ4v) is 3.35. The first-order chi connectivity index (χ1) is 11.5. The van der Waals surface area contributed by atoms with Gasteiger partial charge in [0.2, 0.25) is 0 Å². The van der Waals surface area contributed by atoms with Gasteiger partial charge in [0.15, 0.2) is 17.2 Å². The molecule has 2 heterocycles. The number of halogens is 2. The summed E-state index contributed by atoms with van der Waals surface area (Å²) in [6.07, 6.45) is 1.09. The Morgan fingerprint density at radius 2 is 1.92 bits per heavy atom. The van der Waals surface area contributed by atoms with Crippen LogP contribution in [0, 0.1) is 11.6 Å². The van der Waals surface area contributed by atoms with E-state index in [1.807, 2.05) is 4.90 Å². The lowest BCUT2D eigenvalue weighted by molar-refractivity contribution is -0.161. The van der Waals surface area contributed by atoms with E-state index in [4.69, 9.17) is 4.74 Å². The summed E-state index contributed by atoms with van der Waals surface area (Å²) in [6, 6.07) is 3.61. The number of benzene rings is 1. The highest BCUT2D eigenvalue weighted by Gasteiger charge is 2.43. The molecule has 5 nitrogen and oxygen atoms in total. The molecule has 2 fully saturated rings. The number of rotatable bonds is 4. The highest BCUT2D eigenvalue weighted by atomic mass is 19.2. The lowest BCUT2D eigenvalue weighted by Crippen LogP contribution is -2.59. The van der Waals surface area contributed by atoms with Crippen molar-refractivity contribution in [1.82, 2.24) is 9.80 Å². The van der Waals surface area contributed by atoms with Gasteiger partial charge in [-0.15, -0.1) is 0 Å². The first kappa shape index (κ1) is 17.3. The number of likely N-dealkylation sites (tertiary alicyclic amines) is 1. The van der Waals surface area contributed by atoms with Crippen molar-refractivity contribution in [2.75, 3.05) is 39.4 Å². The van der Waals surface area contributed by atoms with E-state index in [2.05, 4.69) is 0 Å². The molecule has 2 saturated heterocycles. The Morgan fingerprint density at radius 1 is 1.17 bits per heavy atom. The van der Waals surface area contributed by atoms with Gasteiger partial charge in [0.1, 0.15) is 0 Å². The molecule has 1 atom stereocenters. The Morgan fingerprint density at radius 3 is 2.62 bits per heavy atom. The number of hydrogen-bond acceptors (Lipinski definition) is 4. The zero-order valence-corrected chi connectivity index (χ0v) is 13.5. The molecule has 1 amide bonds.